The third kappa shape index (κ3) is 4.56. The first-order valence-electron chi connectivity index (χ1n) is 10.6. The molecule has 2 heterocycles. The summed E-state index contributed by atoms with van der Waals surface area (Å²) in [6.07, 6.45) is 6.63. The molecule has 0 atom stereocenters. The number of benzene rings is 2. The lowest BCUT2D eigenvalue weighted by molar-refractivity contribution is -0.117. The van der Waals surface area contributed by atoms with Crippen molar-refractivity contribution in [2.24, 2.45) is 0 Å². The van der Waals surface area contributed by atoms with E-state index in [0.717, 1.165) is 35.2 Å². The highest BCUT2D eigenvalue weighted by Crippen LogP contribution is 2.29. The maximum atomic E-state index is 12.6. The molecular formula is C25H26N4O2. The molecule has 0 bridgehead atoms. The maximum Gasteiger partial charge on any atom is 0.261 e. The maximum absolute atomic E-state index is 12.6. The molecule has 0 radical (unpaired) electrons. The predicted molar refractivity (Wildman–Crippen MR) is 123 cm³/mol. The van der Waals surface area contributed by atoms with E-state index in [-0.39, 0.29) is 11.5 Å². The lowest BCUT2D eigenvalue weighted by Gasteiger charge is -2.19. The van der Waals surface area contributed by atoms with Gasteiger partial charge >= 0.3 is 0 Å². The molecule has 4 rings (SSSR count). The molecule has 6 nitrogen and oxygen atoms in total. The summed E-state index contributed by atoms with van der Waals surface area (Å²) in [6.45, 7) is 2.53. The molecule has 31 heavy (non-hydrogen) atoms. The Morgan fingerprint density at radius 3 is 2.84 bits per heavy atom. The van der Waals surface area contributed by atoms with Crippen LogP contribution < -0.4 is 15.0 Å². The van der Waals surface area contributed by atoms with Gasteiger partial charge in [-0.15, -0.1) is 0 Å². The molecule has 2 N–H and O–H groups in total. The van der Waals surface area contributed by atoms with Gasteiger partial charge in [0.05, 0.1) is 7.11 Å². The smallest absolute Gasteiger partial charge is 0.261 e. The molecule has 1 aliphatic rings. The fourth-order valence-electron chi connectivity index (χ4n) is 4.04. The van der Waals surface area contributed by atoms with E-state index >= 15 is 0 Å². The zero-order chi connectivity index (χ0) is 21.6. The molecule has 0 saturated carbocycles. The second-order valence-electron chi connectivity index (χ2n) is 7.66. The first-order chi connectivity index (χ1) is 15.2. The van der Waals surface area contributed by atoms with Gasteiger partial charge in [-0.1, -0.05) is 18.2 Å². The number of methoxy groups -OCH3 is 1. The quantitative estimate of drug-likeness (QED) is 0.452. The Hall–Kier alpha value is -3.72. The number of nitrogens with zero attached hydrogens (tertiary/aromatic N) is 2. The van der Waals surface area contributed by atoms with Crippen LogP contribution in [0.25, 0.3) is 17.0 Å². The van der Waals surface area contributed by atoms with Gasteiger partial charge in [-0.3, -0.25) is 4.79 Å². The van der Waals surface area contributed by atoms with Crippen LogP contribution in [0.1, 0.15) is 24.0 Å². The number of hydrogen-bond acceptors (Lipinski definition) is 4. The summed E-state index contributed by atoms with van der Waals surface area (Å²) in [5.74, 6) is 0.275. The predicted octanol–water partition coefficient (Wildman–Crippen LogP) is 4.04. The van der Waals surface area contributed by atoms with E-state index in [2.05, 4.69) is 21.3 Å². The molecule has 1 amide bonds. The van der Waals surface area contributed by atoms with Gasteiger partial charge in [0.15, 0.2) is 0 Å². The van der Waals surface area contributed by atoms with Crippen LogP contribution in [-0.2, 0) is 11.2 Å². The van der Waals surface area contributed by atoms with Crippen molar-refractivity contribution in [2.45, 2.75) is 19.3 Å². The molecule has 0 spiro atoms. The van der Waals surface area contributed by atoms with Gasteiger partial charge in [-0.25, -0.2) is 0 Å². The van der Waals surface area contributed by atoms with Gasteiger partial charge in [-0.05, 0) is 49.1 Å². The number of nitriles is 1. The molecule has 1 saturated heterocycles. The van der Waals surface area contributed by atoms with Crippen molar-refractivity contribution in [1.29, 1.82) is 5.26 Å². The molecule has 1 aliphatic heterocycles. The Balaban J connectivity index is 1.43. The number of aromatic nitrogens is 1. The minimum Gasteiger partial charge on any atom is -0.496 e. The number of ether oxygens (including phenoxy) is 1. The SMILES string of the molecule is COc1cc(N2CCCC2)ccc1/C=C(/C#N)C(=O)NCCc1c[nH]c2ccccc12. The minimum absolute atomic E-state index is 0.0612. The third-order valence-electron chi connectivity index (χ3n) is 5.71. The first kappa shape index (κ1) is 20.5. The average molecular weight is 415 g/mol. The van der Waals surface area contributed by atoms with Gasteiger partial charge in [0, 0.05) is 54.1 Å². The third-order valence-corrected chi connectivity index (χ3v) is 5.71. The molecule has 158 valence electrons. The van der Waals surface area contributed by atoms with E-state index in [9.17, 15) is 10.1 Å². The monoisotopic (exact) mass is 414 g/mol. The molecule has 1 fully saturated rings. The molecular weight excluding hydrogens is 388 g/mol. The van der Waals surface area contributed by atoms with E-state index < -0.39 is 0 Å². The van der Waals surface area contributed by atoms with Crippen LogP contribution in [0.3, 0.4) is 0 Å². The van der Waals surface area contributed by atoms with Crippen molar-refractivity contribution >= 4 is 28.6 Å². The molecule has 0 aliphatic carbocycles. The van der Waals surface area contributed by atoms with E-state index in [1.54, 1.807) is 13.2 Å². The summed E-state index contributed by atoms with van der Waals surface area (Å²) in [4.78, 5) is 18.1. The second-order valence-corrected chi connectivity index (χ2v) is 7.66. The Labute approximate surface area is 182 Å². The Bertz CT molecular complexity index is 1150. The molecule has 2 aromatic carbocycles. The van der Waals surface area contributed by atoms with Gasteiger partial charge in [0.25, 0.3) is 5.91 Å². The van der Waals surface area contributed by atoms with Crippen LogP contribution in [0.4, 0.5) is 5.69 Å². The van der Waals surface area contributed by atoms with E-state index in [1.165, 1.54) is 12.8 Å². The summed E-state index contributed by atoms with van der Waals surface area (Å²) in [5.41, 5.74) is 4.09. The number of para-hydroxylation sites is 1. The van der Waals surface area contributed by atoms with Crippen molar-refractivity contribution < 1.29 is 9.53 Å². The lowest BCUT2D eigenvalue weighted by Crippen LogP contribution is -2.26. The Morgan fingerprint density at radius 2 is 2.06 bits per heavy atom. The summed E-state index contributed by atoms with van der Waals surface area (Å²) in [6, 6.07) is 16.0. The second kappa shape index (κ2) is 9.40. The van der Waals surface area contributed by atoms with Crippen molar-refractivity contribution in [3.63, 3.8) is 0 Å². The van der Waals surface area contributed by atoms with Crippen molar-refractivity contribution in [2.75, 3.05) is 31.6 Å². The zero-order valence-electron chi connectivity index (χ0n) is 17.6. The Kier molecular flexibility index (Phi) is 6.23. The Morgan fingerprint density at radius 1 is 1.26 bits per heavy atom. The molecule has 6 heteroatoms. The highest BCUT2D eigenvalue weighted by molar-refractivity contribution is 6.02. The number of H-pyrrole nitrogens is 1. The fraction of sp³-hybridized carbons (Fsp3) is 0.280. The van der Waals surface area contributed by atoms with Gasteiger partial charge in [-0.2, -0.15) is 5.26 Å². The van der Waals surface area contributed by atoms with Gasteiger partial charge < -0.3 is 19.9 Å². The van der Waals surface area contributed by atoms with Crippen molar-refractivity contribution in [3.05, 3.63) is 65.4 Å². The number of carbonyl (C=O) groups excluding carboxylic acids is 1. The number of anilines is 1. The van der Waals surface area contributed by atoms with Gasteiger partial charge in [0.1, 0.15) is 17.4 Å². The summed E-state index contributed by atoms with van der Waals surface area (Å²) in [7, 11) is 1.60. The summed E-state index contributed by atoms with van der Waals surface area (Å²) in [5, 5.41) is 13.5. The van der Waals surface area contributed by atoms with Crippen LogP contribution in [0.2, 0.25) is 0 Å². The average Bonchev–Trinajstić information content (AvgIpc) is 3.48. The van der Waals surface area contributed by atoms with Crippen LogP contribution in [0, 0.1) is 11.3 Å². The fourth-order valence-corrected chi connectivity index (χ4v) is 4.04. The number of hydrogen-bond donors (Lipinski definition) is 2. The number of fused-ring (bicyclic) bond motifs is 1. The molecule has 3 aromatic rings. The van der Waals surface area contributed by atoms with Crippen LogP contribution in [0.15, 0.2) is 54.2 Å². The summed E-state index contributed by atoms with van der Waals surface area (Å²) >= 11 is 0. The number of aromatic amines is 1. The first-order valence-corrected chi connectivity index (χ1v) is 10.6. The summed E-state index contributed by atoms with van der Waals surface area (Å²) < 4.78 is 5.53. The lowest BCUT2D eigenvalue weighted by atomic mass is 10.1. The number of carbonyl (C=O) groups is 1. The topological polar surface area (TPSA) is 81.2 Å². The van der Waals surface area contributed by atoms with Gasteiger partial charge in [0.2, 0.25) is 0 Å². The normalized spacial score (nSPS) is 13.9. The number of amides is 1. The van der Waals surface area contributed by atoms with E-state index in [4.69, 9.17) is 4.74 Å². The van der Waals surface area contributed by atoms with Crippen LogP contribution in [0.5, 0.6) is 5.75 Å². The zero-order valence-corrected chi connectivity index (χ0v) is 17.6. The standard InChI is InChI=1S/C25H26N4O2/c1-31-24-15-21(29-12-4-5-13-29)9-8-18(24)14-20(16-26)25(30)27-11-10-19-17-28-23-7-3-2-6-22(19)23/h2-3,6-9,14-15,17,28H,4-5,10-13H2,1H3,(H,27,30)/b20-14-. The largest absolute Gasteiger partial charge is 0.496 e. The molecule has 1 aromatic heterocycles. The van der Waals surface area contributed by atoms with Crippen molar-refractivity contribution in [3.8, 4) is 11.8 Å². The van der Waals surface area contributed by atoms with E-state index in [0.29, 0.717) is 24.3 Å². The van der Waals surface area contributed by atoms with E-state index in [1.807, 2.05) is 48.7 Å². The molecule has 0 unspecified atom stereocenters. The number of rotatable bonds is 7. The highest BCUT2D eigenvalue weighted by atomic mass is 16.5. The minimum atomic E-state index is -0.381. The van der Waals surface area contributed by atoms with Crippen molar-refractivity contribution in [1.82, 2.24) is 10.3 Å². The highest BCUT2D eigenvalue weighted by Gasteiger charge is 2.15. The number of nitrogens with one attached hydrogen (secondary N) is 2. The van der Waals surface area contributed by atoms with Crippen LogP contribution >= 0.6 is 0 Å². The van der Waals surface area contributed by atoms with Crippen LogP contribution in [-0.4, -0.2) is 37.6 Å².